The minimum Gasteiger partial charge on any atom is -0.465 e. The SMILES string of the molecule is CCOC(=O)CNC(=O)CC1CCCNC1. The smallest absolute Gasteiger partial charge is 0.325 e. The van der Waals surface area contributed by atoms with Crippen molar-refractivity contribution in [1.29, 1.82) is 0 Å². The van der Waals surface area contributed by atoms with Crippen LogP contribution in [0.5, 0.6) is 0 Å². The molecule has 92 valence electrons. The van der Waals surface area contributed by atoms with Crippen molar-refractivity contribution in [2.75, 3.05) is 26.2 Å². The zero-order valence-corrected chi connectivity index (χ0v) is 9.75. The number of ether oxygens (including phenoxy) is 1. The fraction of sp³-hybridized carbons (Fsp3) is 0.818. The summed E-state index contributed by atoms with van der Waals surface area (Å²) in [6.07, 6.45) is 2.70. The van der Waals surface area contributed by atoms with Crippen molar-refractivity contribution in [3.05, 3.63) is 0 Å². The molecule has 1 amide bonds. The Hall–Kier alpha value is -1.10. The van der Waals surface area contributed by atoms with Crippen molar-refractivity contribution in [2.24, 2.45) is 5.92 Å². The summed E-state index contributed by atoms with van der Waals surface area (Å²) in [6, 6.07) is 0. The van der Waals surface area contributed by atoms with Crippen LogP contribution >= 0.6 is 0 Å². The highest BCUT2D eigenvalue weighted by atomic mass is 16.5. The molecule has 16 heavy (non-hydrogen) atoms. The maximum Gasteiger partial charge on any atom is 0.325 e. The van der Waals surface area contributed by atoms with Gasteiger partial charge in [0.15, 0.2) is 0 Å². The lowest BCUT2D eigenvalue weighted by molar-refractivity contribution is -0.143. The Labute approximate surface area is 95.9 Å². The molecule has 1 fully saturated rings. The zero-order valence-electron chi connectivity index (χ0n) is 9.75. The van der Waals surface area contributed by atoms with Crippen molar-refractivity contribution in [1.82, 2.24) is 10.6 Å². The molecule has 1 rings (SSSR count). The highest BCUT2D eigenvalue weighted by molar-refractivity contribution is 5.81. The second-order valence-corrected chi connectivity index (χ2v) is 4.00. The number of piperidine rings is 1. The number of carbonyl (C=O) groups is 2. The summed E-state index contributed by atoms with van der Waals surface area (Å²) in [5.74, 6) is -0.0460. The van der Waals surface area contributed by atoms with Gasteiger partial charge in [-0.15, -0.1) is 0 Å². The Kier molecular flexibility index (Phi) is 5.85. The van der Waals surface area contributed by atoms with E-state index in [1.165, 1.54) is 0 Å². The number of amides is 1. The first-order valence-corrected chi connectivity index (χ1v) is 5.85. The van der Waals surface area contributed by atoms with Crippen LogP contribution in [0.1, 0.15) is 26.2 Å². The van der Waals surface area contributed by atoms with E-state index in [1.807, 2.05) is 0 Å². The molecular formula is C11H20N2O3. The topological polar surface area (TPSA) is 67.4 Å². The summed E-state index contributed by atoms with van der Waals surface area (Å²) >= 11 is 0. The summed E-state index contributed by atoms with van der Waals surface area (Å²) < 4.78 is 4.72. The molecule has 0 saturated carbocycles. The number of rotatable bonds is 5. The molecule has 1 atom stereocenters. The molecule has 5 heteroatoms. The molecule has 0 bridgehead atoms. The van der Waals surface area contributed by atoms with E-state index in [2.05, 4.69) is 10.6 Å². The largest absolute Gasteiger partial charge is 0.465 e. The van der Waals surface area contributed by atoms with Crippen LogP contribution in [0.4, 0.5) is 0 Å². The maximum absolute atomic E-state index is 11.5. The van der Waals surface area contributed by atoms with Crippen molar-refractivity contribution >= 4 is 11.9 Å². The minimum absolute atomic E-state index is 0.0210. The average molecular weight is 228 g/mol. The molecular weight excluding hydrogens is 208 g/mol. The van der Waals surface area contributed by atoms with Crippen LogP contribution in [0.25, 0.3) is 0 Å². The van der Waals surface area contributed by atoms with E-state index in [0.29, 0.717) is 18.9 Å². The third-order valence-corrected chi connectivity index (χ3v) is 2.61. The molecule has 1 aliphatic heterocycles. The van der Waals surface area contributed by atoms with Gasteiger partial charge in [-0.2, -0.15) is 0 Å². The van der Waals surface area contributed by atoms with Crippen LogP contribution in [-0.2, 0) is 14.3 Å². The summed E-state index contributed by atoms with van der Waals surface area (Å²) in [5, 5.41) is 5.83. The monoisotopic (exact) mass is 228 g/mol. The molecule has 0 radical (unpaired) electrons. The van der Waals surface area contributed by atoms with Crippen molar-refractivity contribution in [2.45, 2.75) is 26.2 Å². The van der Waals surface area contributed by atoms with Crippen LogP contribution < -0.4 is 10.6 Å². The summed E-state index contributed by atoms with van der Waals surface area (Å²) in [6.45, 7) is 4.01. The average Bonchev–Trinajstić information content (AvgIpc) is 2.28. The molecule has 2 N–H and O–H groups in total. The van der Waals surface area contributed by atoms with Gasteiger partial charge in [0, 0.05) is 6.42 Å². The van der Waals surface area contributed by atoms with Gasteiger partial charge in [-0.1, -0.05) is 0 Å². The number of hydrogen-bond donors (Lipinski definition) is 2. The maximum atomic E-state index is 11.5. The quantitative estimate of drug-likeness (QED) is 0.653. The van der Waals surface area contributed by atoms with Crippen LogP contribution in [-0.4, -0.2) is 38.1 Å². The van der Waals surface area contributed by atoms with E-state index < -0.39 is 0 Å². The normalized spacial score (nSPS) is 20.2. The van der Waals surface area contributed by atoms with E-state index in [0.717, 1.165) is 25.9 Å². The third-order valence-electron chi connectivity index (χ3n) is 2.61. The number of nitrogens with one attached hydrogen (secondary N) is 2. The third kappa shape index (κ3) is 5.11. The lowest BCUT2D eigenvalue weighted by atomic mass is 9.96. The molecule has 1 aliphatic rings. The van der Waals surface area contributed by atoms with Gasteiger partial charge in [0.05, 0.1) is 6.61 Å². The Morgan fingerprint density at radius 3 is 2.94 bits per heavy atom. The van der Waals surface area contributed by atoms with Gasteiger partial charge < -0.3 is 15.4 Å². The van der Waals surface area contributed by atoms with E-state index in [1.54, 1.807) is 6.92 Å². The van der Waals surface area contributed by atoms with Crippen molar-refractivity contribution in [3.8, 4) is 0 Å². The Bertz CT molecular complexity index is 237. The van der Waals surface area contributed by atoms with Gasteiger partial charge in [-0.25, -0.2) is 0 Å². The fourth-order valence-electron chi connectivity index (χ4n) is 1.82. The van der Waals surface area contributed by atoms with Gasteiger partial charge in [-0.05, 0) is 38.8 Å². The van der Waals surface area contributed by atoms with Crippen molar-refractivity contribution < 1.29 is 14.3 Å². The first kappa shape index (κ1) is 13.0. The van der Waals surface area contributed by atoms with E-state index in [-0.39, 0.29) is 18.4 Å². The molecule has 0 spiro atoms. The number of esters is 1. The van der Waals surface area contributed by atoms with Crippen LogP contribution in [0.3, 0.4) is 0 Å². The molecule has 0 aromatic rings. The van der Waals surface area contributed by atoms with E-state index in [9.17, 15) is 9.59 Å². The van der Waals surface area contributed by atoms with Gasteiger partial charge in [0.2, 0.25) is 5.91 Å². The molecule has 1 unspecified atom stereocenters. The highest BCUT2D eigenvalue weighted by Gasteiger charge is 2.16. The van der Waals surface area contributed by atoms with Gasteiger partial charge in [0.25, 0.3) is 0 Å². The zero-order chi connectivity index (χ0) is 11.8. The summed E-state index contributed by atoms with van der Waals surface area (Å²) in [7, 11) is 0. The summed E-state index contributed by atoms with van der Waals surface area (Å²) in [4.78, 5) is 22.5. The van der Waals surface area contributed by atoms with Crippen LogP contribution in [0.2, 0.25) is 0 Å². The van der Waals surface area contributed by atoms with Crippen LogP contribution in [0.15, 0.2) is 0 Å². The predicted octanol–water partition coefficient (Wildman–Crippen LogP) is 0.0554. The van der Waals surface area contributed by atoms with E-state index >= 15 is 0 Å². The summed E-state index contributed by atoms with van der Waals surface area (Å²) in [5.41, 5.74) is 0. The number of carbonyl (C=O) groups excluding carboxylic acids is 2. The highest BCUT2D eigenvalue weighted by Crippen LogP contribution is 2.13. The fourth-order valence-corrected chi connectivity index (χ4v) is 1.82. The minimum atomic E-state index is -0.377. The standard InChI is InChI=1S/C11H20N2O3/c1-2-16-11(15)8-13-10(14)6-9-4-3-5-12-7-9/h9,12H,2-8H2,1H3,(H,13,14). The second kappa shape index (κ2) is 7.22. The first-order chi connectivity index (χ1) is 7.72. The first-order valence-electron chi connectivity index (χ1n) is 5.85. The molecule has 0 aromatic heterocycles. The molecule has 0 aliphatic carbocycles. The van der Waals surface area contributed by atoms with Crippen LogP contribution in [0, 0.1) is 5.92 Å². The van der Waals surface area contributed by atoms with Gasteiger partial charge in [0.1, 0.15) is 6.54 Å². The molecule has 0 aromatic carbocycles. The Balaban J connectivity index is 2.12. The van der Waals surface area contributed by atoms with E-state index in [4.69, 9.17) is 4.74 Å². The molecule has 5 nitrogen and oxygen atoms in total. The molecule has 1 heterocycles. The lowest BCUT2D eigenvalue weighted by Gasteiger charge is -2.21. The Morgan fingerprint density at radius 2 is 2.31 bits per heavy atom. The Morgan fingerprint density at radius 1 is 1.50 bits per heavy atom. The molecule has 1 saturated heterocycles. The second-order valence-electron chi connectivity index (χ2n) is 4.00. The van der Waals surface area contributed by atoms with Gasteiger partial charge >= 0.3 is 5.97 Å². The lowest BCUT2D eigenvalue weighted by Crippen LogP contribution is -2.36. The number of hydrogen-bond acceptors (Lipinski definition) is 4. The van der Waals surface area contributed by atoms with Gasteiger partial charge in [-0.3, -0.25) is 9.59 Å². The van der Waals surface area contributed by atoms with Crippen molar-refractivity contribution in [3.63, 3.8) is 0 Å². The predicted molar refractivity (Wildman–Crippen MR) is 59.9 cm³/mol.